The molecule has 0 bridgehead atoms. The minimum Gasteiger partial charge on any atom is -0.136 e. The molecule has 0 N–H and O–H groups in total. The number of benzene rings is 4. The maximum Gasteiger partial charge on any atom is 0.0556 e. The Bertz CT molecular complexity index is 1020. The molecule has 0 nitrogen and oxygen atoms in total. The van der Waals surface area contributed by atoms with E-state index in [4.69, 9.17) is 0 Å². The van der Waals surface area contributed by atoms with Crippen LogP contribution in [0.1, 0.15) is 83.4 Å². The molecule has 168 valence electrons. The molecule has 0 radical (unpaired) electrons. The first-order chi connectivity index (χ1) is 16.0. The number of thioether (sulfide) groups is 1. The number of hydrogen-bond acceptors (Lipinski definition) is 1. The molecule has 0 aromatic heterocycles. The van der Waals surface area contributed by atoms with Gasteiger partial charge in [0.2, 0.25) is 0 Å². The average molecular weight is 451 g/mol. The molecule has 4 rings (SSSR count). The van der Waals surface area contributed by atoms with Crippen LogP contribution < -0.4 is 0 Å². The van der Waals surface area contributed by atoms with Gasteiger partial charge >= 0.3 is 0 Å². The predicted octanol–water partition coefficient (Wildman–Crippen LogP) is 9.55. The molecule has 4 aromatic rings. The molecule has 0 aliphatic heterocycles. The van der Waals surface area contributed by atoms with Gasteiger partial charge in [0.1, 0.15) is 0 Å². The van der Waals surface area contributed by atoms with Crippen LogP contribution in [0.3, 0.4) is 0 Å². The first kappa shape index (κ1) is 23.4. The minimum atomic E-state index is 0.252. The summed E-state index contributed by atoms with van der Waals surface area (Å²) in [5.74, 6) is 1.08. The van der Waals surface area contributed by atoms with Crippen molar-refractivity contribution in [1.29, 1.82) is 0 Å². The van der Waals surface area contributed by atoms with Gasteiger partial charge < -0.3 is 0 Å². The van der Waals surface area contributed by atoms with Crippen LogP contribution in [-0.2, 0) is 0 Å². The van der Waals surface area contributed by atoms with E-state index < -0.39 is 0 Å². The molecule has 0 fully saturated rings. The lowest BCUT2D eigenvalue weighted by molar-refractivity contribution is 0.864. The molecule has 0 aliphatic rings. The van der Waals surface area contributed by atoms with Crippen molar-refractivity contribution in [3.05, 3.63) is 143 Å². The molecule has 2 atom stereocenters. The topological polar surface area (TPSA) is 0 Å². The lowest BCUT2D eigenvalue weighted by atomic mass is 9.98. The van der Waals surface area contributed by atoms with Crippen LogP contribution in [-0.4, -0.2) is 0 Å². The highest BCUT2D eigenvalue weighted by atomic mass is 32.2. The molecular formula is C32H34S. The number of rotatable bonds is 8. The van der Waals surface area contributed by atoms with Gasteiger partial charge in [-0.1, -0.05) is 137 Å². The van der Waals surface area contributed by atoms with Crippen LogP contribution in [0.5, 0.6) is 0 Å². The van der Waals surface area contributed by atoms with Gasteiger partial charge in [0.25, 0.3) is 0 Å². The summed E-state index contributed by atoms with van der Waals surface area (Å²) in [4.78, 5) is 0. The van der Waals surface area contributed by atoms with Gasteiger partial charge in [-0.2, -0.15) is 0 Å². The van der Waals surface area contributed by atoms with Crippen molar-refractivity contribution >= 4 is 11.8 Å². The molecule has 0 amide bonds. The summed E-state index contributed by atoms with van der Waals surface area (Å²) >= 11 is 2.03. The molecular weight excluding hydrogens is 416 g/mol. The third-order valence-corrected chi connectivity index (χ3v) is 7.92. The molecule has 0 aliphatic carbocycles. The fraction of sp³-hybridized carbons (Fsp3) is 0.250. The molecule has 1 heteroatoms. The predicted molar refractivity (Wildman–Crippen MR) is 145 cm³/mol. The van der Waals surface area contributed by atoms with Crippen molar-refractivity contribution in [2.75, 3.05) is 0 Å². The normalized spacial score (nSPS) is 13.3. The first-order valence-electron chi connectivity index (χ1n) is 12.0. The Balaban J connectivity index is 1.75. The summed E-state index contributed by atoms with van der Waals surface area (Å²) < 4.78 is 0. The van der Waals surface area contributed by atoms with Gasteiger partial charge in [-0.05, 0) is 45.2 Å². The number of hydrogen-bond donors (Lipinski definition) is 0. The van der Waals surface area contributed by atoms with E-state index in [-0.39, 0.29) is 10.5 Å². The summed E-state index contributed by atoms with van der Waals surface area (Å²) in [6.07, 6.45) is 0. The van der Waals surface area contributed by atoms with Crippen LogP contribution in [0.4, 0.5) is 0 Å². The van der Waals surface area contributed by atoms with Crippen molar-refractivity contribution in [2.45, 2.75) is 50.0 Å². The van der Waals surface area contributed by atoms with Gasteiger partial charge in [0.05, 0.1) is 10.5 Å². The lowest BCUT2D eigenvalue weighted by Crippen LogP contribution is -2.04. The molecule has 0 saturated carbocycles. The summed E-state index contributed by atoms with van der Waals surface area (Å²) in [6, 6.07) is 40.3. The summed E-state index contributed by atoms with van der Waals surface area (Å²) in [5.41, 5.74) is 8.18. The van der Waals surface area contributed by atoms with Gasteiger partial charge in [-0.3, -0.25) is 0 Å². The quantitative estimate of drug-likeness (QED) is 0.257. The summed E-state index contributed by atoms with van der Waals surface area (Å²) in [7, 11) is 0. The van der Waals surface area contributed by atoms with E-state index in [0.717, 1.165) is 0 Å². The third-order valence-electron chi connectivity index (χ3n) is 6.29. The Morgan fingerprint density at radius 3 is 0.939 bits per heavy atom. The molecule has 33 heavy (non-hydrogen) atoms. The summed E-state index contributed by atoms with van der Waals surface area (Å²) in [6.45, 7) is 9.02. The fourth-order valence-corrected chi connectivity index (χ4v) is 5.73. The molecule has 0 spiro atoms. The van der Waals surface area contributed by atoms with Crippen LogP contribution >= 0.6 is 11.8 Å². The van der Waals surface area contributed by atoms with Gasteiger partial charge in [0.15, 0.2) is 0 Å². The Morgan fingerprint density at radius 1 is 0.364 bits per heavy atom. The second kappa shape index (κ2) is 10.9. The highest BCUT2D eigenvalue weighted by Gasteiger charge is 2.23. The van der Waals surface area contributed by atoms with E-state index in [1.165, 1.54) is 33.4 Å². The molecule has 4 aromatic carbocycles. The maximum atomic E-state index is 2.32. The highest BCUT2D eigenvalue weighted by molar-refractivity contribution is 8.00. The third kappa shape index (κ3) is 5.78. The van der Waals surface area contributed by atoms with Crippen molar-refractivity contribution in [3.63, 3.8) is 0 Å². The SMILES string of the molecule is CC(C)c1ccc(C(SC(c2ccccc2)c2ccc(C(C)C)cc2)c2ccccc2)cc1. The maximum absolute atomic E-state index is 2.32. The monoisotopic (exact) mass is 450 g/mol. The van der Waals surface area contributed by atoms with Crippen LogP contribution in [0.25, 0.3) is 0 Å². The standard InChI is InChI=1S/C32H34S/c1-23(2)25-15-19-29(20-16-25)31(27-11-7-5-8-12-27)33-32(28-13-9-6-10-14-28)30-21-17-26(18-22-30)24(3)4/h5-24,31-32H,1-4H3. The van der Waals surface area contributed by atoms with Gasteiger partial charge in [-0.25, -0.2) is 0 Å². The van der Waals surface area contributed by atoms with E-state index in [2.05, 4.69) is 137 Å². The Morgan fingerprint density at radius 2 is 0.636 bits per heavy atom. The Kier molecular flexibility index (Phi) is 7.73. The highest BCUT2D eigenvalue weighted by Crippen LogP contribution is 2.47. The van der Waals surface area contributed by atoms with E-state index in [9.17, 15) is 0 Å². The Labute approximate surface area is 204 Å². The van der Waals surface area contributed by atoms with Gasteiger partial charge in [0, 0.05) is 0 Å². The largest absolute Gasteiger partial charge is 0.136 e. The molecule has 0 heterocycles. The Hall–Kier alpha value is -2.77. The smallest absolute Gasteiger partial charge is 0.0556 e. The van der Waals surface area contributed by atoms with Crippen LogP contribution in [0.15, 0.2) is 109 Å². The molecule has 0 saturated heterocycles. The second-order valence-corrected chi connectivity index (χ2v) is 10.6. The van der Waals surface area contributed by atoms with Crippen LogP contribution in [0, 0.1) is 0 Å². The van der Waals surface area contributed by atoms with Crippen LogP contribution in [0.2, 0.25) is 0 Å². The zero-order valence-electron chi connectivity index (χ0n) is 20.1. The van der Waals surface area contributed by atoms with E-state index in [1.54, 1.807) is 0 Å². The molecule has 2 unspecified atom stereocenters. The fourth-order valence-electron chi connectivity index (χ4n) is 4.20. The van der Waals surface area contributed by atoms with Crippen molar-refractivity contribution in [1.82, 2.24) is 0 Å². The van der Waals surface area contributed by atoms with Crippen molar-refractivity contribution < 1.29 is 0 Å². The van der Waals surface area contributed by atoms with Crippen molar-refractivity contribution in [2.24, 2.45) is 0 Å². The first-order valence-corrected chi connectivity index (χ1v) is 12.9. The van der Waals surface area contributed by atoms with Gasteiger partial charge in [-0.15, -0.1) is 11.8 Å². The minimum absolute atomic E-state index is 0.252. The van der Waals surface area contributed by atoms with E-state index in [0.29, 0.717) is 11.8 Å². The van der Waals surface area contributed by atoms with Crippen molar-refractivity contribution in [3.8, 4) is 0 Å². The van der Waals surface area contributed by atoms with E-state index in [1.807, 2.05) is 11.8 Å². The van der Waals surface area contributed by atoms with E-state index >= 15 is 0 Å². The zero-order chi connectivity index (χ0) is 23.2. The summed E-state index contributed by atoms with van der Waals surface area (Å²) in [5, 5.41) is 0.504. The average Bonchev–Trinajstić information content (AvgIpc) is 2.86. The zero-order valence-corrected chi connectivity index (χ0v) is 20.9. The second-order valence-electron chi connectivity index (χ2n) is 9.36. The lowest BCUT2D eigenvalue weighted by Gasteiger charge is -2.26.